The van der Waals surface area contributed by atoms with E-state index in [9.17, 15) is 18.8 Å². The van der Waals surface area contributed by atoms with Crippen LogP contribution in [0.15, 0.2) is 78.9 Å². The van der Waals surface area contributed by atoms with Crippen LogP contribution in [0.2, 0.25) is 0 Å². The van der Waals surface area contributed by atoms with E-state index in [1.54, 1.807) is 67.7 Å². The molecule has 1 amide bonds. The van der Waals surface area contributed by atoms with Crippen molar-refractivity contribution in [2.24, 2.45) is 0 Å². The van der Waals surface area contributed by atoms with Crippen molar-refractivity contribution in [3.05, 3.63) is 107 Å². The lowest BCUT2D eigenvalue weighted by atomic mass is 9.98. The van der Waals surface area contributed by atoms with Crippen LogP contribution in [0.3, 0.4) is 0 Å². The van der Waals surface area contributed by atoms with E-state index in [0.29, 0.717) is 11.1 Å². The number of carbonyl (C=O) groups excluding carboxylic acids is 3. The third-order valence-corrected chi connectivity index (χ3v) is 4.74. The first kappa shape index (κ1) is 21.9. The van der Waals surface area contributed by atoms with Crippen LogP contribution in [0.5, 0.6) is 0 Å². The number of rotatable bonds is 7. The Morgan fingerprint density at radius 3 is 2.23 bits per heavy atom. The van der Waals surface area contributed by atoms with Crippen molar-refractivity contribution in [2.75, 3.05) is 7.05 Å². The van der Waals surface area contributed by atoms with E-state index in [-0.39, 0.29) is 23.5 Å². The van der Waals surface area contributed by atoms with E-state index < -0.39 is 23.8 Å². The average Bonchev–Trinajstić information content (AvgIpc) is 2.78. The second kappa shape index (κ2) is 9.80. The molecule has 0 aliphatic heterocycles. The van der Waals surface area contributed by atoms with Crippen molar-refractivity contribution in [3.8, 4) is 0 Å². The average molecular weight is 419 g/mol. The highest BCUT2D eigenvalue weighted by molar-refractivity contribution is 6.14. The van der Waals surface area contributed by atoms with Gasteiger partial charge < -0.3 is 9.64 Å². The molecule has 0 saturated carbocycles. The summed E-state index contributed by atoms with van der Waals surface area (Å²) in [5, 5.41) is 0. The lowest BCUT2D eigenvalue weighted by Gasteiger charge is -2.22. The van der Waals surface area contributed by atoms with E-state index >= 15 is 0 Å². The van der Waals surface area contributed by atoms with Gasteiger partial charge in [-0.25, -0.2) is 9.18 Å². The number of halogens is 1. The van der Waals surface area contributed by atoms with Crippen LogP contribution in [-0.4, -0.2) is 35.7 Å². The highest BCUT2D eigenvalue weighted by Gasteiger charge is 2.25. The lowest BCUT2D eigenvalue weighted by Crippen LogP contribution is -2.37. The first-order valence-electron chi connectivity index (χ1n) is 9.76. The Morgan fingerprint density at radius 2 is 1.55 bits per heavy atom. The standard InChI is InChI=1S/C25H22FNO4/c1-17(24(29)27(2)16-18-9-8-12-20(26)15-18)31-25(30)22-14-7-6-13-21(22)23(28)19-10-4-3-5-11-19/h3-15,17H,16H2,1-2H3/t17-/m0/s1. The second-order valence-electron chi connectivity index (χ2n) is 7.11. The van der Waals surface area contributed by atoms with Crippen molar-refractivity contribution in [2.45, 2.75) is 19.6 Å². The molecule has 0 spiro atoms. The van der Waals surface area contributed by atoms with E-state index in [4.69, 9.17) is 4.74 Å². The van der Waals surface area contributed by atoms with Crippen molar-refractivity contribution in [3.63, 3.8) is 0 Å². The van der Waals surface area contributed by atoms with E-state index in [1.165, 1.54) is 30.0 Å². The van der Waals surface area contributed by atoms with Gasteiger partial charge in [0, 0.05) is 24.7 Å². The summed E-state index contributed by atoms with van der Waals surface area (Å²) in [5.41, 5.74) is 1.35. The summed E-state index contributed by atoms with van der Waals surface area (Å²) in [6, 6.07) is 20.9. The fourth-order valence-electron chi connectivity index (χ4n) is 3.18. The zero-order valence-corrected chi connectivity index (χ0v) is 17.2. The minimum absolute atomic E-state index is 0.0868. The largest absolute Gasteiger partial charge is 0.449 e. The number of ether oxygens (including phenoxy) is 1. The molecule has 3 aromatic carbocycles. The van der Waals surface area contributed by atoms with Crippen LogP contribution in [0.4, 0.5) is 4.39 Å². The molecule has 5 nitrogen and oxygen atoms in total. The Hall–Kier alpha value is -3.80. The third kappa shape index (κ3) is 5.42. The van der Waals surface area contributed by atoms with Gasteiger partial charge in [-0.15, -0.1) is 0 Å². The maximum atomic E-state index is 13.4. The first-order valence-corrected chi connectivity index (χ1v) is 9.76. The molecule has 0 saturated heterocycles. The molecule has 0 bridgehead atoms. The molecule has 0 heterocycles. The van der Waals surface area contributed by atoms with Crippen LogP contribution < -0.4 is 0 Å². The fraction of sp³-hybridized carbons (Fsp3) is 0.160. The summed E-state index contributed by atoms with van der Waals surface area (Å²) in [4.78, 5) is 39.5. The van der Waals surface area contributed by atoms with E-state index in [1.807, 2.05) is 0 Å². The predicted molar refractivity (Wildman–Crippen MR) is 114 cm³/mol. The second-order valence-corrected chi connectivity index (χ2v) is 7.11. The van der Waals surface area contributed by atoms with Gasteiger partial charge in [-0.1, -0.05) is 60.7 Å². The smallest absolute Gasteiger partial charge is 0.339 e. The number of esters is 1. The summed E-state index contributed by atoms with van der Waals surface area (Å²) in [6.07, 6.45) is -1.08. The molecule has 6 heteroatoms. The normalized spacial score (nSPS) is 11.5. The quantitative estimate of drug-likeness (QED) is 0.424. The van der Waals surface area contributed by atoms with Crippen LogP contribution in [0.1, 0.15) is 38.8 Å². The Balaban J connectivity index is 1.71. The van der Waals surface area contributed by atoms with Crippen LogP contribution in [0.25, 0.3) is 0 Å². The SMILES string of the molecule is C[C@H](OC(=O)c1ccccc1C(=O)c1ccccc1)C(=O)N(C)Cc1cccc(F)c1. The summed E-state index contributed by atoms with van der Waals surface area (Å²) >= 11 is 0. The lowest BCUT2D eigenvalue weighted by molar-refractivity contribution is -0.139. The van der Waals surface area contributed by atoms with Gasteiger partial charge in [0.1, 0.15) is 5.82 Å². The molecule has 0 aromatic heterocycles. The van der Waals surface area contributed by atoms with Crippen molar-refractivity contribution in [1.82, 2.24) is 4.90 Å². The Kier molecular flexibility index (Phi) is 6.92. The zero-order valence-electron chi connectivity index (χ0n) is 17.2. The minimum Gasteiger partial charge on any atom is -0.449 e. The highest BCUT2D eigenvalue weighted by Crippen LogP contribution is 2.17. The maximum absolute atomic E-state index is 13.4. The predicted octanol–water partition coefficient (Wildman–Crippen LogP) is 4.26. The minimum atomic E-state index is -1.08. The zero-order chi connectivity index (χ0) is 22.4. The fourth-order valence-corrected chi connectivity index (χ4v) is 3.18. The molecule has 1 atom stereocenters. The summed E-state index contributed by atoms with van der Waals surface area (Å²) in [6.45, 7) is 1.63. The number of hydrogen-bond acceptors (Lipinski definition) is 4. The molecule has 3 rings (SSSR count). The van der Waals surface area contributed by atoms with Crippen LogP contribution in [-0.2, 0) is 16.1 Å². The van der Waals surface area contributed by atoms with Gasteiger partial charge >= 0.3 is 5.97 Å². The number of ketones is 1. The van der Waals surface area contributed by atoms with Gasteiger partial charge in [0.25, 0.3) is 5.91 Å². The monoisotopic (exact) mass is 419 g/mol. The molecule has 0 unspecified atom stereocenters. The van der Waals surface area contributed by atoms with Crippen molar-refractivity contribution >= 4 is 17.7 Å². The molecule has 158 valence electrons. The number of amides is 1. The molecular formula is C25H22FNO4. The molecule has 0 radical (unpaired) electrons. The summed E-state index contributed by atoms with van der Waals surface area (Å²) in [7, 11) is 1.55. The molecular weight excluding hydrogens is 397 g/mol. The molecule has 31 heavy (non-hydrogen) atoms. The van der Waals surface area contributed by atoms with Crippen LogP contribution in [0, 0.1) is 5.82 Å². The number of benzene rings is 3. The first-order chi connectivity index (χ1) is 14.9. The Labute approximate surface area is 180 Å². The van der Waals surface area contributed by atoms with Gasteiger partial charge in [-0.2, -0.15) is 0 Å². The molecule has 3 aromatic rings. The maximum Gasteiger partial charge on any atom is 0.339 e. The van der Waals surface area contributed by atoms with Crippen LogP contribution >= 0.6 is 0 Å². The number of carbonyl (C=O) groups is 3. The van der Waals surface area contributed by atoms with Gasteiger partial charge in [0.2, 0.25) is 0 Å². The molecule has 0 fully saturated rings. The Bertz CT molecular complexity index is 1100. The van der Waals surface area contributed by atoms with E-state index in [2.05, 4.69) is 0 Å². The molecule has 0 aliphatic carbocycles. The van der Waals surface area contributed by atoms with Gasteiger partial charge in [-0.3, -0.25) is 9.59 Å². The Morgan fingerprint density at radius 1 is 0.903 bits per heavy atom. The van der Waals surface area contributed by atoms with Gasteiger partial charge in [0.15, 0.2) is 11.9 Å². The van der Waals surface area contributed by atoms with E-state index in [0.717, 1.165) is 0 Å². The van der Waals surface area contributed by atoms with Crippen molar-refractivity contribution in [1.29, 1.82) is 0 Å². The number of hydrogen-bond donors (Lipinski definition) is 0. The highest BCUT2D eigenvalue weighted by atomic mass is 19.1. The topological polar surface area (TPSA) is 63.7 Å². The van der Waals surface area contributed by atoms with Gasteiger partial charge in [0.05, 0.1) is 5.56 Å². The summed E-state index contributed by atoms with van der Waals surface area (Å²) < 4.78 is 18.7. The summed E-state index contributed by atoms with van der Waals surface area (Å²) in [5.74, 6) is -1.91. The van der Waals surface area contributed by atoms with Gasteiger partial charge in [-0.05, 0) is 30.7 Å². The number of nitrogens with zero attached hydrogens (tertiary/aromatic N) is 1. The number of likely N-dealkylation sites (N-methyl/N-ethyl adjacent to an activating group) is 1. The molecule has 0 aliphatic rings. The third-order valence-electron chi connectivity index (χ3n) is 4.74. The molecule has 0 N–H and O–H groups in total. The van der Waals surface area contributed by atoms with Crippen molar-refractivity contribution < 1.29 is 23.5 Å².